The number of aliphatic carboxylic acids is 1. The minimum absolute atomic E-state index is 0.523. The molecule has 5 nitrogen and oxygen atoms in total. The molecule has 1 unspecified atom stereocenters. The van der Waals surface area contributed by atoms with Gasteiger partial charge >= 0.3 is 5.97 Å². The number of rotatable bonds is 5. The minimum Gasteiger partial charge on any atom is -0.497 e. The molecule has 0 radical (unpaired) electrons. The number of methoxy groups -OCH3 is 1. The van der Waals surface area contributed by atoms with Gasteiger partial charge in [0, 0.05) is 5.69 Å². The topological polar surface area (TPSA) is 82.3 Å². The second-order valence-electron chi connectivity index (χ2n) is 4.89. The predicted molar refractivity (Wildman–Crippen MR) is 82.9 cm³/mol. The monoisotopic (exact) mass is 296 g/mol. The summed E-state index contributed by atoms with van der Waals surface area (Å²) in [4.78, 5) is 11.6. The van der Waals surface area contributed by atoms with Crippen LogP contribution in [0.3, 0.4) is 0 Å². The minimum atomic E-state index is -0.989. The van der Waals surface area contributed by atoms with Gasteiger partial charge < -0.3 is 15.2 Å². The molecule has 0 saturated heterocycles. The Morgan fingerprint density at radius 1 is 1.27 bits per heavy atom. The Morgan fingerprint density at radius 3 is 2.50 bits per heavy atom. The van der Waals surface area contributed by atoms with Crippen molar-refractivity contribution in [1.82, 2.24) is 0 Å². The van der Waals surface area contributed by atoms with Gasteiger partial charge in [-0.15, -0.1) is 0 Å². The van der Waals surface area contributed by atoms with E-state index in [4.69, 9.17) is 10.00 Å². The number of hydrogen-bond donors (Lipinski definition) is 2. The summed E-state index contributed by atoms with van der Waals surface area (Å²) in [6, 6.07) is 13.1. The predicted octanol–water partition coefficient (Wildman–Crippen LogP) is 3.11. The van der Waals surface area contributed by atoms with Gasteiger partial charge in [-0.25, -0.2) is 4.79 Å². The zero-order valence-electron chi connectivity index (χ0n) is 12.3. The first-order valence-corrected chi connectivity index (χ1v) is 6.68. The van der Waals surface area contributed by atoms with Gasteiger partial charge in [0.15, 0.2) is 6.04 Å². The molecule has 2 aromatic rings. The second kappa shape index (κ2) is 6.64. The molecule has 0 amide bonds. The number of nitrogens with zero attached hydrogens (tertiary/aromatic N) is 1. The van der Waals surface area contributed by atoms with E-state index in [-0.39, 0.29) is 0 Å². The van der Waals surface area contributed by atoms with Crippen molar-refractivity contribution >= 4 is 11.7 Å². The van der Waals surface area contributed by atoms with Gasteiger partial charge in [-0.2, -0.15) is 5.26 Å². The lowest BCUT2D eigenvalue weighted by Gasteiger charge is -2.17. The number of carboxylic acids is 1. The largest absolute Gasteiger partial charge is 0.497 e. The van der Waals surface area contributed by atoms with Gasteiger partial charge in [0.1, 0.15) is 5.75 Å². The molecular weight excluding hydrogens is 280 g/mol. The number of hydrogen-bond acceptors (Lipinski definition) is 4. The van der Waals surface area contributed by atoms with E-state index in [1.54, 1.807) is 43.5 Å². The molecule has 0 spiro atoms. The fraction of sp³-hybridized carbons (Fsp3) is 0.176. The number of anilines is 1. The summed E-state index contributed by atoms with van der Waals surface area (Å²) in [6.07, 6.45) is 0. The summed E-state index contributed by atoms with van der Waals surface area (Å²) in [5.41, 5.74) is 2.68. The van der Waals surface area contributed by atoms with E-state index in [1.807, 2.05) is 19.1 Å². The lowest BCUT2D eigenvalue weighted by molar-refractivity contribution is -0.138. The molecule has 112 valence electrons. The van der Waals surface area contributed by atoms with Crippen molar-refractivity contribution in [2.75, 3.05) is 12.4 Å². The van der Waals surface area contributed by atoms with E-state index in [2.05, 4.69) is 5.32 Å². The van der Waals surface area contributed by atoms with Crippen molar-refractivity contribution in [2.24, 2.45) is 0 Å². The molecule has 0 aliphatic carbocycles. The highest BCUT2D eigenvalue weighted by Gasteiger charge is 2.20. The molecule has 0 bridgehead atoms. The van der Waals surface area contributed by atoms with Crippen molar-refractivity contribution in [2.45, 2.75) is 13.0 Å². The summed E-state index contributed by atoms with van der Waals surface area (Å²) < 4.78 is 5.19. The maximum atomic E-state index is 11.6. The fourth-order valence-corrected chi connectivity index (χ4v) is 2.16. The van der Waals surface area contributed by atoms with E-state index in [1.165, 1.54) is 0 Å². The number of aryl methyl sites for hydroxylation is 1. The third-order valence-corrected chi connectivity index (χ3v) is 3.21. The van der Waals surface area contributed by atoms with Crippen molar-refractivity contribution in [3.8, 4) is 11.8 Å². The average molecular weight is 296 g/mol. The average Bonchev–Trinajstić information content (AvgIpc) is 2.52. The Morgan fingerprint density at radius 2 is 1.95 bits per heavy atom. The summed E-state index contributed by atoms with van der Waals surface area (Å²) in [6.45, 7) is 1.88. The number of benzene rings is 2. The quantitative estimate of drug-likeness (QED) is 0.886. The summed E-state index contributed by atoms with van der Waals surface area (Å²) in [7, 11) is 1.54. The third-order valence-electron chi connectivity index (χ3n) is 3.21. The fourth-order valence-electron chi connectivity index (χ4n) is 2.16. The van der Waals surface area contributed by atoms with Crippen molar-refractivity contribution in [1.29, 1.82) is 5.26 Å². The zero-order chi connectivity index (χ0) is 16.1. The van der Waals surface area contributed by atoms with Crippen LogP contribution in [0.25, 0.3) is 0 Å². The standard InChI is InChI=1S/C17H16N2O3/c1-11-7-13(9-15(8-11)22-2)16(17(20)21)19-14-5-3-12(10-18)4-6-14/h3-9,16,19H,1-2H3,(H,20,21). The van der Waals surface area contributed by atoms with Gasteiger partial charge in [-0.1, -0.05) is 6.07 Å². The summed E-state index contributed by atoms with van der Waals surface area (Å²) >= 11 is 0. The molecular formula is C17H16N2O3. The molecule has 22 heavy (non-hydrogen) atoms. The molecule has 0 aromatic heterocycles. The van der Waals surface area contributed by atoms with Crippen LogP contribution in [0, 0.1) is 18.3 Å². The van der Waals surface area contributed by atoms with Crippen LogP contribution in [0.5, 0.6) is 5.75 Å². The second-order valence-corrected chi connectivity index (χ2v) is 4.89. The number of carbonyl (C=O) groups is 1. The van der Waals surface area contributed by atoms with Crippen LogP contribution in [-0.4, -0.2) is 18.2 Å². The van der Waals surface area contributed by atoms with Crippen LogP contribution in [0.4, 0.5) is 5.69 Å². The van der Waals surface area contributed by atoms with Gasteiger partial charge in [0.05, 0.1) is 18.7 Å². The van der Waals surface area contributed by atoms with Crippen molar-refractivity contribution < 1.29 is 14.6 Å². The van der Waals surface area contributed by atoms with E-state index < -0.39 is 12.0 Å². The van der Waals surface area contributed by atoms with Gasteiger partial charge in [0.2, 0.25) is 0 Å². The first-order chi connectivity index (χ1) is 10.5. The Kier molecular flexibility index (Phi) is 4.64. The van der Waals surface area contributed by atoms with Crippen LogP contribution in [0.2, 0.25) is 0 Å². The highest BCUT2D eigenvalue weighted by atomic mass is 16.5. The Labute approximate surface area is 128 Å². The first-order valence-electron chi connectivity index (χ1n) is 6.68. The molecule has 0 aliphatic rings. The molecule has 0 fully saturated rings. The van der Waals surface area contributed by atoms with Gasteiger partial charge in [0.25, 0.3) is 0 Å². The van der Waals surface area contributed by atoms with Crippen LogP contribution in [0.15, 0.2) is 42.5 Å². The lowest BCUT2D eigenvalue weighted by atomic mass is 10.0. The number of carboxylic acid groups (broad SMARTS) is 1. The number of nitriles is 1. The lowest BCUT2D eigenvalue weighted by Crippen LogP contribution is -2.20. The maximum absolute atomic E-state index is 11.6. The highest BCUT2D eigenvalue weighted by molar-refractivity contribution is 5.79. The molecule has 0 saturated carbocycles. The van der Waals surface area contributed by atoms with Crippen LogP contribution in [-0.2, 0) is 4.79 Å². The normalized spacial score (nSPS) is 11.3. The van der Waals surface area contributed by atoms with Crippen molar-refractivity contribution in [3.63, 3.8) is 0 Å². The molecule has 2 N–H and O–H groups in total. The molecule has 5 heteroatoms. The van der Waals surface area contributed by atoms with Crippen LogP contribution >= 0.6 is 0 Å². The molecule has 0 heterocycles. The Hall–Kier alpha value is -3.00. The van der Waals surface area contributed by atoms with Crippen molar-refractivity contribution in [3.05, 3.63) is 59.2 Å². The van der Waals surface area contributed by atoms with Gasteiger partial charge in [-0.3, -0.25) is 0 Å². The van der Waals surface area contributed by atoms with Crippen LogP contribution in [0.1, 0.15) is 22.7 Å². The molecule has 1 atom stereocenters. The zero-order valence-corrected chi connectivity index (χ0v) is 12.3. The van der Waals surface area contributed by atoms with E-state index in [0.717, 1.165) is 5.56 Å². The van der Waals surface area contributed by atoms with E-state index >= 15 is 0 Å². The number of nitrogens with one attached hydrogen (secondary N) is 1. The molecule has 0 aliphatic heterocycles. The smallest absolute Gasteiger partial charge is 0.330 e. The molecule has 2 rings (SSSR count). The Balaban J connectivity index is 2.32. The van der Waals surface area contributed by atoms with Crippen LogP contribution < -0.4 is 10.1 Å². The van der Waals surface area contributed by atoms with E-state index in [9.17, 15) is 9.90 Å². The first kappa shape index (κ1) is 15.4. The SMILES string of the molecule is COc1cc(C)cc(C(Nc2ccc(C#N)cc2)C(=O)O)c1. The Bertz CT molecular complexity index is 718. The third kappa shape index (κ3) is 3.55. The number of ether oxygens (including phenoxy) is 1. The highest BCUT2D eigenvalue weighted by Crippen LogP contribution is 2.25. The molecule has 2 aromatic carbocycles. The summed E-state index contributed by atoms with van der Waals surface area (Å²) in [5, 5.41) is 21.2. The summed E-state index contributed by atoms with van der Waals surface area (Å²) in [5.74, 6) is -0.375. The maximum Gasteiger partial charge on any atom is 0.330 e. The van der Waals surface area contributed by atoms with Gasteiger partial charge in [-0.05, 0) is 54.4 Å². The van der Waals surface area contributed by atoms with E-state index in [0.29, 0.717) is 22.6 Å².